The number of benzene rings is 1. The zero-order valence-corrected chi connectivity index (χ0v) is 16.4. The number of hydrogen-bond donors (Lipinski definition) is 2. The number of pyridine rings is 1. The van der Waals surface area contributed by atoms with Crippen LogP contribution in [-0.2, 0) is 11.3 Å². The SMILES string of the molecule is CC1(C)C(=O)c2c(O)c(=O)c(C(=O)NCc3ccc(F)cc3F)cn2[C@H]2CCO[C@H]21. The van der Waals surface area contributed by atoms with Gasteiger partial charge in [0.15, 0.2) is 11.5 Å². The number of hydrogen-bond acceptors (Lipinski definition) is 5. The fraction of sp³-hybridized carbons (Fsp3) is 0.381. The van der Waals surface area contributed by atoms with Crippen LogP contribution in [0.2, 0.25) is 0 Å². The lowest BCUT2D eigenvalue weighted by Gasteiger charge is -2.40. The number of carbonyl (C=O) groups excluding carboxylic acids is 2. The first-order chi connectivity index (χ1) is 14.1. The molecule has 2 aromatic rings. The van der Waals surface area contributed by atoms with Gasteiger partial charge in [-0.25, -0.2) is 8.78 Å². The summed E-state index contributed by atoms with van der Waals surface area (Å²) in [5.41, 5.74) is -2.41. The van der Waals surface area contributed by atoms with Crippen molar-refractivity contribution in [2.24, 2.45) is 5.41 Å². The van der Waals surface area contributed by atoms with Crippen LogP contribution in [0.4, 0.5) is 8.78 Å². The molecule has 2 atom stereocenters. The van der Waals surface area contributed by atoms with Crippen molar-refractivity contribution in [3.8, 4) is 5.75 Å². The van der Waals surface area contributed by atoms with Gasteiger partial charge in [-0.15, -0.1) is 0 Å². The molecule has 0 saturated carbocycles. The van der Waals surface area contributed by atoms with Gasteiger partial charge in [0.2, 0.25) is 5.43 Å². The van der Waals surface area contributed by atoms with Crippen LogP contribution in [-0.4, -0.2) is 34.1 Å². The molecule has 1 saturated heterocycles. The summed E-state index contributed by atoms with van der Waals surface area (Å²) in [5.74, 6) is -3.66. The van der Waals surface area contributed by atoms with Gasteiger partial charge in [-0.05, 0) is 26.3 Å². The Balaban J connectivity index is 1.70. The molecule has 1 amide bonds. The average molecular weight is 418 g/mol. The van der Waals surface area contributed by atoms with Crippen molar-refractivity contribution in [3.05, 3.63) is 63.1 Å². The van der Waals surface area contributed by atoms with Crippen LogP contribution in [0.15, 0.2) is 29.2 Å². The Morgan fingerprint density at radius 3 is 2.77 bits per heavy atom. The first kappa shape index (κ1) is 20.2. The molecule has 2 aliphatic rings. The van der Waals surface area contributed by atoms with E-state index in [1.807, 2.05) is 0 Å². The number of Topliss-reactive ketones (excluding diaryl/α,β-unsaturated/α-hetero) is 1. The molecule has 0 aliphatic carbocycles. The van der Waals surface area contributed by atoms with Crippen LogP contribution >= 0.6 is 0 Å². The summed E-state index contributed by atoms with van der Waals surface area (Å²) in [5, 5.41) is 12.9. The van der Waals surface area contributed by atoms with E-state index < -0.39 is 46.0 Å². The molecule has 0 unspecified atom stereocenters. The second kappa shape index (κ2) is 7.02. The van der Waals surface area contributed by atoms with Crippen LogP contribution in [0, 0.1) is 17.0 Å². The third kappa shape index (κ3) is 3.00. The summed E-state index contributed by atoms with van der Waals surface area (Å²) in [7, 11) is 0. The van der Waals surface area contributed by atoms with Crippen LogP contribution < -0.4 is 10.7 Å². The molecule has 0 bridgehead atoms. The van der Waals surface area contributed by atoms with Gasteiger partial charge in [-0.1, -0.05) is 6.07 Å². The molecule has 1 aromatic heterocycles. The molecule has 1 aromatic carbocycles. The van der Waals surface area contributed by atoms with E-state index >= 15 is 0 Å². The summed E-state index contributed by atoms with van der Waals surface area (Å²) in [6.07, 6.45) is 1.34. The second-order valence-electron chi connectivity index (χ2n) is 8.09. The predicted octanol–water partition coefficient (Wildman–Crippen LogP) is 2.31. The molecule has 4 rings (SSSR count). The normalized spacial score (nSPS) is 21.8. The van der Waals surface area contributed by atoms with Crippen molar-refractivity contribution in [1.82, 2.24) is 9.88 Å². The molecule has 7 nitrogen and oxygen atoms in total. The van der Waals surface area contributed by atoms with E-state index in [4.69, 9.17) is 4.74 Å². The number of fused-ring (bicyclic) bond motifs is 3. The number of nitrogens with one attached hydrogen (secondary N) is 1. The Labute approximate surface area is 170 Å². The van der Waals surface area contributed by atoms with Crippen molar-refractivity contribution < 1.29 is 28.2 Å². The van der Waals surface area contributed by atoms with Gasteiger partial charge in [0, 0.05) is 31.0 Å². The molecule has 0 spiro atoms. The van der Waals surface area contributed by atoms with Gasteiger partial charge in [-0.2, -0.15) is 0 Å². The Morgan fingerprint density at radius 2 is 2.07 bits per heavy atom. The van der Waals surface area contributed by atoms with Gasteiger partial charge in [0.25, 0.3) is 5.91 Å². The molecule has 9 heteroatoms. The molecule has 30 heavy (non-hydrogen) atoms. The fourth-order valence-electron chi connectivity index (χ4n) is 4.19. The topological polar surface area (TPSA) is 97.6 Å². The number of aromatic hydroxyl groups is 1. The molecule has 3 heterocycles. The highest BCUT2D eigenvalue weighted by Gasteiger charge is 2.52. The van der Waals surface area contributed by atoms with Crippen LogP contribution in [0.1, 0.15) is 52.7 Å². The fourth-order valence-corrected chi connectivity index (χ4v) is 4.19. The van der Waals surface area contributed by atoms with Gasteiger partial charge in [0.05, 0.1) is 17.6 Å². The van der Waals surface area contributed by atoms with E-state index in [9.17, 15) is 28.3 Å². The minimum Gasteiger partial charge on any atom is -0.503 e. The molecule has 2 N–H and O–H groups in total. The Morgan fingerprint density at radius 1 is 1.33 bits per heavy atom. The van der Waals surface area contributed by atoms with Gasteiger partial charge in [-0.3, -0.25) is 14.4 Å². The van der Waals surface area contributed by atoms with Crippen LogP contribution in [0.25, 0.3) is 0 Å². The van der Waals surface area contributed by atoms with Crippen LogP contribution in [0.3, 0.4) is 0 Å². The highest BCUT2D eigenvalue weighted by atomic mass is 19.1. The Hall–Kier alpha value is -3.07. The van der Waals surface area contributed by atoms with E-state index in [0.717, 1.165) is 6.07 Å². The zero-order valence-electron chi connectivity index (χ0n) is 16.4. The van der Waals surface area contributed by atoms with Gasteiger partial charge < -0.3 is 19.7 Å². The number of aromatic nitrogens is 1. The van der Waals surface area contributed by atoms with Crippen molar-refractivity contribution in [2.75, 3.05) is 6.61 Å². The van der Waals surface area contributed by atoms with Crippen molar-refractivity contribution in [3.63, 3.8) is 0 Å². The monoisotopic (exact) mass is 418 g/mol. The number of amides is 1. The summed E-state index contributed by atoms with van der Waals surface area (Å²) in [6.45, 7) is 3.52. The van der Waals surface area contributed by atoms with Crippen molar-refractivity contribution in [1.29, 1.82) is 0 Å². The summed E-state index contributed by atoms with van der Waals surface area (Å²) >= 11 is 0. The van der Waals surface area contributed by atoms with Crippen molar-refractivity contribution in [2.45, 2.75) is 39.0 Å². The molecule has 158 valence electrons. The maximum Gasteiger partial charge on any atom is 0.257 e. The highest BCUT2D eigenvalue weighted by Crippen LogP contribution is 2.46. The summed E-state index contributed by atoms with van der Waals surface area (Å²) < 4.78 is 34.0. The predicted molar refractivity (Wildman–Crippen MR) is 101 cm³/mol. The quantitative estimate of drug-likeness (QED) is 0.797. The zero-order chi connectivity index (χ0) is 21.8. The number of ketones is 1. The third-order valence-electron chi connectivity index (χ3n) is 5.84. The number of rotatable bonds is 3. The second-order valence-corrected chi connectivity index (χ2v) is 8.09. The number of halogens is 2. The Bertz CT molecular complexity index is 1130. The molecule has 2 aliphatic heterocycles. The minimum atomic E-state index is -0.986. The smallest absolute Gasteiger partial charge is 0.257 e. The first-order valence-corrected chi connectivity index (χ1v) is 9.49. The average Bonchev–Trinajstić information content (AvgIpc) is 3.18. The largest absolute Gasteiger partial charge is 0.503 e. The molecular formula is C21H20F2N2O5. The standard InChI is InChI=1S/C21H20F2N2O5/c1-21(2)18(28)15-17(27)16(26)12(9-25(15)14-5-6-30-19(14)21)20(29)24-8-10-3-4-11(22)7-13(10)23/h3-4,7,9,14,19,27H,5-6,8H2,1-2H3,(H,24,29)/t14-,19+/m0/s1. The maximum absolute atomic E-state index is 13.8. The lowest BCUT2D eigenvalue weighted by molar-refractivity contribution is -0.00290. The highest BCUT2D eigenvalue weighted by molar-refractivity contribution is 6.03. The lowest BCUT2D eigenvalue weighted by atomic mass is 9.74. The number of nitrogens with zero attached hydrogens (tertiary/aromatic N) is 1. The van der Waals surface area contributed by atoms with Crippen LogP contribution in [0.5, 0.6) is 5.75 Å². The molecular weight excluding hydrogens is 398 g/mol. The van der Waals surface area contributed by atoms with Gasteiger partial charge in [0.1, 0.15) is 22.9 Å². The van der Waals surface area contributed by atoms with Gasteiger partial charge >= 0.3 is 0 Å². The third-order valence-corrected chi connectivity index (χ3v) is 5.84. The van der Waals surface area contributed by atoms with E-state index in [2.05, 4.69) is 5.32 Å². The summed E-state index contributed by atoms with van der Waals surface area (Å²) in [6, 6.07) is 2.61. The molecule has 0 radical (unpaired) electrons. The van der Waals surface area contributed by atoms with E-state index in [-0.39, 0.29) is 29.4 Å². The van der Waals surface area contributed by atoms with Crippen molar-refractivity contribution >= 4 is 11.7 Å². The van der Waals surface area contributed by atoms with E-state index in [0.29, 0.717) is 19.1 Å². The minimum absolute atomic E-state index is 0.0354. The van der Waals surface area contributed by atoms with E-state index in [1.165, 1.54) is 16.8 Å². The number of ether oxygens (including phenoxy) is 1. The van der Waals surface area contributed by atoms with E-state index in [1.54, 1.807) is 13.8 Å². The lowest BCUT2D eigenvalue weighted by Crippen LogP contribution is -2.48. The first-order valence-electron chi connectivity index (χ1n) is 9.49. The number of carbonyl (C=O) groups is 2. The summed E-state index contributed by atoms with van der Waals surface area (Å²) in [4.78, 5) is 38.2. The maximum atomic E-state index is 13.8. The molecule has 1 fully saturated rings. The Kier molecular flexibility index (Phi) is 4.73.